The quantitative estimate of drug-likeness (QED) is 0.0966. The lowest BCUT2D eigenvalue weighted by Crippen LogP contribution is -2.43. The fraction of sp³-hybridized carbons (Fsp3) is 0.606. The highest BCUT2D eigenvalue weighted by Gasteiger charge is 2.21. The number of nitrogens with zero attached hydrogens (tertiary/aromatic N) is 1. The minimum atomic E-state index is -0.137. The summed E-state index contributed by atoms with van der Waals surface area (Å²) in [6.07, 6.45) is 16.5. The van der Waals surface area contributed by atoms with Crippen molar-refractivity contribution >= 4 is 5.97 Å². The standard InChI is InChI=1S/C33H52NO3/c1-4-5-6-7-8-9-10-11-12-14-20-30-23-19-24-32(27-30)36-25-17-18-26-37-33(35)29-34(2,3)28-31-21-15-13-16-22-31/h13,15-16,19,21-24,27H,4-12,14,17-18,20,25-26,28-29H2,1-3H3/q+1. The fourth-order valence-electron chi connectivity index (χ4n) is 4.72. The van der Waals surface area contributed by atoms with Crippen LogP contribution >= 0.6 is 0 Å². The molecule has 0 saturated carbocycles. The van der Waals surface area contributed by atoms with Gasteiger partial charge in [0.25, 0.3) is 0 Å². The van der Waals surface area contributed by atoms with Crippen LogP contribution in [0.1, 0.15) is 95.1 Å². The molecule has 0 atom stereocenters. The van der Waals surface area contributed by atoms with Crippen LogP contribution in [-0.4, -0.2) is 44.3 Å². The highest BCUT2D eigenvalue weighted by atomic mass is 16.5. The second-order valence-corrected chi connectivity index (χ2v) is 11.1. The number of ether oxygens (including phenoxy) is 2. The van der Waals surface area contributed by atoms with Crippen molar-refractivity contribution in [2.45, 2.75) is 96.9 Å². The first-order valence-corrected chi connectivity index (χ1v) is 14.7. The van der Waals surface area contributed by atoms with Crippen LogP contribution in [0.4, 0.5) is 0 Å². The zero-order valence-electron chi connectivity index (χ0n) is 23.9. The first-order chi connectivity index (χ1) is 18.0. The SMILES string of the molecule is CCCCCCCCCCCCc1cccc(OCCCCOC(=O)C[N+](C)(C)Cc2ccccc2)c1. The van der Waals surface area contributed by atoms with Crippen molar-refractivity contribution in [2.24, 2.45) is 0 Å². The van der Waals surface area contributed by atoms with E-state index in [1.165, 1.54) is 75.3 Å². The van der Waals surface area contributed by atoms with Gasteiger partial charge in [-0.25, -0.2) is 4.79 Å². The highest BCUT2D eigenvalue weighted by Crippen LogP contribution is 2.17. The van der Waals surface area contributed by atoms with Gasteiger partial charge in [0.15, 0.2) is 6.54 Å². The topological polar surface area (TPSA) is 35.5 Å². The molecule has 2 aromatic rings. The van der Waals surface area contributed by atoms with Crippen LogP contribution in [-0.2, 0) is 22.5 Å². The molecule has 0 aliphatic heterocycles. The van der Waals surface area contributed by atoms with Crippen molar-refractivity contribution in [1.82, 2.24) is 0 Å². The van der Waals surface area contributed by atoms with Crippen LogP contribution in [0.5, 0.6) is 5.75 Å². The lowest BCUT2D eigenvalue weighted by atomic mass is 10.0. The van der Waals surface area contributed by atoms with Gasteiger partial charge in [0.05, 0.1) is 27.3 Å². The van der Waals surface area contributed by atoms with E-state index in [9.17, 15) is 4.79 Å². The zero-order valence-corrected chi connectivity index (χ0v) is 23.9. The van der Waals surface area contributed by atoms with Crippen molar-refractivity contribution in [3.05, 3.63) is 65.7 Å². The summed E-state index contributed by atoms with van der Waals surface area (Å²) in [7, 11) is 4.12. The van der Waals surface area contributed by atoms with Crippen molar-refractivity contribution in [3.63, 3.8) is 0 Å². The first-order valence-electron chi connectivity index (χ1n) is 14.7. The third-order valence-corrected chi connectivity index (χ3v) is 6.80. The molecule has 2 aromatic carbocycles. The fourth-order valence-corrected chi connectivity index (χ4v) is 4.72. The maximum atomic E-state index is 12.3. The summed E-state index contributed by atoms with van der Waals surface area (Å²) in [6, 6.07) is 18.8. The predicted molar refractivity (Wildman–Crippen MR) is 155 cm³/mol. The molecule has 0 spiro atoms. The van der Waals surface area contributed by atoms with Gasteiger partial charge < -0.3 is 14.0 Å². The molecule has 0 unspecified atom stereocenters. The van der Waals surface area contributed by atoms with Crippen molar-refractivity contribution in [3.8, 4) is 5.75 Å². The summed E-state index contributed by atoms with van der Waals surface area (Å²) in [5.74, 6) is 0.808. The Kier molecular flexibility index (Phi) is 15.7. The van der Waals surface area contributed by atoms with Crippen LogP contribution in [0.3, 0.4) is 0 Å². The van der Waals surface area contributed by atoms with Gasteiger partial charge in [0.1, 0.15) is 12.3 Å². The number of aryl methyl sites for hydroxylation is 1. The van der Waals surface area contributed by atoms with E-state index in [0.717, 1.165) is 31.6 Å². The summed E-state index contributed by atoms with van der Waals surface area (Å²) in [5, 5.41) is 0. The molecule has 0 aliphatic carbocycles. The van der Waals surface area contributed by atoms with E-state index < -0.39 is 0 Å². The predicted octanol–water partition coefficient (Wildman–Crippen LogP) is 8.13. The Morgan fingerprint density at radius 3 is 2.03 bits per heavy atom. The molecule has 0 saturated heterocycles. The third-order valence-electron chi connectivity index (χ3n) is 6.80. The molecule has 37 heavy (non-hydrogen) atoms. The van der Waals surface area contributed by atoms with Crippen LogP contribution in [0.25, 0.3) is 0 Å². The van der Waals surface area contributed by atoms with E-state index in [1.54, 1.807) is 0 Å². The van der Waals surface area contributed by atoms with Gasteiger partial charge in [-0.2, -0.15) is 0 Å². The normalized spacial score (nSPS) is 11.4. The second-order valence-electron chi connectivity index (χ2n) is 11.1. The van der Waals surface area contributed by atoms with E-state index in [1.807, 2.05) is 24.3 Å². The number of carbonyl (C=O) groups excluding carboxylic acids is 1. The summed E-state index contributed by atoms with van der Waals surface area (Å²) in [6.45, 7) is 4.56. The molecule has 4 nitrogen and oxygen atoms in total. The molecular weight excluding hydrogens is 458 g/mol. The van der Waals surface area contributed by atoms with Gasteiger partial charge in [-0.15, -0.1) is 0 Å². The molecular formula is C33H52NO3+. The van der Waals surface area contributed by atoms with E-state index in [0.29, 0.717) is 24.2 Å². The first kappa shape index (κ1) is 30.9. The molecule has 0 radical (unpaired) electrons. The number of esters is 1. The summed E-state index contributed by atoms with van der Waals surface area (Å²) < 4.78 is 12.0. The lowest BCUT2D eigenvalue weighted by molar-refractivity contribution is -0.896. The molecule has 0 aromatic heterocycles. The van der Waals surface area contributed by atoms with Crippen LogP contribution in [0.15, 0.2) is 54.6 Å². The molecule has 0 bridgehead atoms. The van der Waals surface area contributed by atoms with E-state index >= 15 is 0 Å². The van der Waals surface area contributed by atoms with Gasteiger partial charge in [0.2, 0.25) is 0 Å². The maximum Gasteiger partial charge on any atom is 0.361 e. The molecule has 0 heterocycles. The number of benzene rings is 2. The van der Waals surface area contributed by atoms with Crippen molar-refractivity contribution in [2.75, 3.05) is 33.9 Å². The number of likely N-dealkylation sites (N-methyl/N-ethyl adjacent to an activating group) is 1. The number of hydrogen-bond donors (Lipinski definition) is 0. The molecule has 2 rings (SSSR count). The number of unbranched alkanes of at least 4 members (excludes halogenated alkanes) is 10. The van der Waals surface area contributed by atoms with Crippen LogP contribution < -0.4 is 4.74 Å². The second kappa shape index (κ2) is 18.8. The molecule has 206 valence electrons. The number of rotatable bonds is 21. The van der Waals surface area contributed by atoms with Gasteiger partial charge in [-0.3, -0.25) is 0 Å². The smallest absolute Gasteiger partial charge is 0.361 e. The van der Waals surface area contributed by atoms with Crippen molar-refractivity contribution in [1.29, 1.82) is 0 Å². The van der Waals surface area contributed by atoms with Gasteiger partial charge in [-0.05, 0) is 43.4 Å². The zero-order chi connectivity index (χ0) is 26.6. The monoisotopic (exact) mass is 510 g/mol. The molecule has 0 aliphatic rings. The summed E-state index contributed by atoms with van der Waals surface area (Å²) in [4.78, 5) is 12.3. The minimum absolute atomic E-state index is 0.137. The Labute approximate surface area is 227 Å². The van der Waals surface area contributed by atoms with E-state index in [-0.39, 0.29) is 5.97 Å². The summed E-state index contributed by atoms with van der Waals surface area (Å²) in [5.41, 5.74) is 2.59. The Hall–Kier alpha value is -2.33. The van der Waals surface area contributed by atoms with Crippen molar-refractivity contribution < 1.29 is 18.8 Å². The average Bonchev–Trinajstić information content (AvgIpc) is 2.87. The largest absolute Gasteiger partial charge is 0.494 e. The third kappa shape index (κ3) is 15.5. The van der Waals surface area contributed by atoms with Gasteiger partial charge in [0, 0.05) is 5.56 Å². The Bertz CT molecular complexity index is 850. The van der Waals surface area contributed by atoms with E-state index in [4.69, 9.17) is 9.47 Å². The summed E-state index contributed by atoms with van der Waals surface area (Å²) >= 11 is 0. The van der Waals surface area contributed by atoms with Crippen LogP contribution in [0, 0.1) is 0 Å². The number of quaternary nitrogens is 1. The average molecular weight is 511 g/mol. The van der Waals surface area contributed by atoms with Gasteiger partial charge >= 0.3 is 5.97 Å². The van der Waals surface area contributed by atoms with Gasteiger partial charge in [-0.1, -0.05) is 107 Å². The number of carbonyl (C=O) groups is 1. The Morgan fingerprint density at radius 2 is 1.32 bits per heavy atom. The maximum absolute atomic E-state index is 12.3. The lowest BCUT2D eigenvalue weighted by Gasteiger charge is -2.28. The Morgan fingerprint density at radius 1 is 0.703 bits per heavy atom. The van der Waals surface area contributed by atoms with Crippen LogP contribution in [0.2, 0.25) is 0 Å². The number of hydrogen-bond acceptors (Lipinski definition) is 3. The molecule has 4 heteroatoms. The minimum Gasteiger partial charge on any atom is -0.494 e. The highest BCUT2D eigenvalue weighted by molar-refractivity contribution is 5.70. The Balaban J connectivity index is 1.50. The van der Waals surface area contributed by atoms with E-state index in [2.05, 4.69) is 51.4 Å². The molecule has 0 fully saturated rings. The molecule has 0 amide bonds. The molecule has 0 N–H and O–H groups in total.